The molecule has 0 bridgehead atoms. The van der Waals surface area contributed by atoms with Gasteiger partial charge in [0.25, 0.3) is 0 Å². The molecule has 2 N–H and O–H groups in total. The molecule has 0 aliphatic heterocycles. The molecule has 1 heterocycles. The Labute approximate surface area is 194 Å². The second-order valence-electron chi connectivity index (χ2n) is 6.24. The van der Waals surface area contributed by atoms with E-state index in [1.807, 2.05) is 54.1 Å². The maximum atomic E-state index is 5.75. The Morgan fingerprint density at radius 1 is 1.07 bits per heavy atom. The van der Waals surface area contributed by atoms with Crippen molar-refractivity contribution in [2.24, 2.45) is 4.99 Å². The van der Waals surface area contributed by atoms with Gasteiger partial charge in [-0.2, -0.15) is 0 Å². The van der Waals surface area contributed by atoms with E-state index in [1.165, 1.54) is 0 Å². The van der Waals surface area contributed by atoms with Gasteiger partial charge in [-0.1, -0.05) is 18.2 Å². The fraction of sp³-hybridized carbons (Fsp3) is 0.273. The van der Waals surface area contributed by atoms with E-state index in [-0.39, 0.29) is 24.0 Å². The van der Waals surface area contributed by atoms with Gasteiger partial charge < -0.3 is 24.7 Å². The van der Waals surface area contributed by atoms with Gasteiger partial charge in [0.2, 0.25) is 0 Å². The van der Waals surface area contributed by atoms with Gasteiger partial charge in [0.05, 0.1) is 32.2 Å². The summed E-state index contributed by atoms with van der Waals surface area (Å²) in [5.41, 5.74) is 2.20. The van der Waals surface area contributed by atoms with E-state index in [4.69, 9.17) is 14.5 Å². The van der Waals surface area contributed by atoms with Crippen LogP contribution in [0, 0.1) is 0 Å². The topological polar surface area (TPSA) is 72.7 Å². The number of halogens is 1. The molecule has 0 saturated heterocycles. The molecule has 0 unspecified atom stereocenters. The summed E-state index contributed by atoms with van der Waals surface area (Å²) in [5.74, 6) is 2.38. The number of nitrogens with zero attached hydrogens (tertiary/aromatic N) is 3. The maximum absolute atomic E-state index is 5.75. The van der Waals surface area contributed by atoms with E-state index in [2.05, 4.69) is 27.8 Å². The minimum Gasteiger partial charge on any atom is -0.497 e. The van der Waals surface area contributed by atoms with Gasteiger partial charge in [-0.05, 0) is 42.8 Å². The Morgan fingerprint density at radius 2 is 1.83 bits per heavy atom. The number of aliphatic imine (C=N–C) groups is 1. The zero-order valence-electron chi connectivity index (χ0n) is 17.2. The molecule has 7 nitrogen and oxygen atoms in total. The molecular formula is C22H28IN5O2. The van der Waals surface area contributed by atoms with Crippen LogP contribution in [-0.4, -0.2) is 42.3 Å². The van der Waals surface area contributed by atoms with Crippen molar-refractivity contribution in [3.8, 4) is 17.2 Å². The average molecular weight is 521 g/mol. The Balaban J connectivity index is 0.00000320. The molecular weight excluding hydrogens is 493 g/mol. The minimum atomic E-state index is 0. The van der Waals surface area contributed by atoms with Crippen molar-refractivity contribution in [2.75, 3.05) is 26.8 Å². The van der Waals surface area contributed by atoms with E-state index in [9.17, 15) is 0 Å². The lowest BCUT2D eigenvalue weighted by molar-refractivity contribution is 0.321. The Hall–Kier alpha value is -2.75. The Bertz CT molecular complexity index is 898. The van der Waals surface area contributed by atoms with Gasteiger partial charge in [-0.3, -0.25) is 0 Å². The predicted octanol–water partition coefficient (Wildman–Crippen LogP) is 3.63. The number of guanidine groups is 1. The summed E-state index contributed by atoms with van der Waals surface area (Å²) in [6, 6.07) is 15.7. The van der Waals surface area contributed by atoms with Gasteiger partial charge in [-0.15, -0.1) is 24.0 Å². The molecule has 2 aromatic carbocycles. The second kappa shape index (κ2) is 12.7. The summed E-state index contributed by atoms with van der Waals surface area (Å²) >= 11 is 0. The first kappa shape index (κ1) is 23.5. The standard InChI is InChI=1S/C22H27N5O2.HI/c1-3-24-22(25-13-15-29-20-10-8-19(28-2)9-11-20)26-16-18-6-4-5-7-21(18)27-14-12-23-17-27;/h4-12,14,17H,3,13,15-16H2,1-2H3,(H2,24,25,26);1H. The molecule has 0 atom stereocenters. The fourth-order valence-corrected chi connectivity index (χ4v) is 2.81. The van der Waals surface area contributed by atoms with Crippen LogP contribution in [0.5, 0.6) is 11.5 Å². The van der Waals surface area contributed by atoms with Crippen molar-refractivity contribution in [1.29, 1.82) is 0 Å². The van der Waals surface area contributed by atoms with Crippen molar-refractivity contribution in [1.82, 2.24) is 20.2 Å². The number of imidazole rings is 1. The highest BCUT2D eigenvalue weighted by atomic mass is 127. The normalized spacial score (nSPS) is 10.8. The number of para-hydroxylation sites is 1. The zero-order chi connectivity index (χ0) is 20.3. The summed E-state index contributed by atoms with van der Waals surface area (Å²) in [6.45, 7) is 4.56. The first-order valence-corrected chi connectivity index (χ1v) is 9.65. The molecule has 0 amide bonds. The largest absolute Gasteiger partial charge is 0.497 e. The minimum absolute atomic E-state index is 0. The van der Waals surface area contributed by atoms with Crippen LogP contribution in [0.15, 0.2) is 72.2 Å². The molecule has 160 valence electrons. The molecule has 0 fully saturated rings. The van der Waals surface area contributed by atoms with Crippen molar-refractivity contribution in [3.05, 3.63) is 72.8 Å². The molecule has 8 heteroatoms. The number of rotatable bonds is 9. The SMILES string of the molecule is CCNC(=NCc1ccccc1-n1ccnc1)NCCOc1ccc(OC)cc1.I. The number of nitrogens with one attached hydrogen (secondary N) is 2. The molecule has 0 aliphatic rings. The smallest absolute Gasteiger partial charge is 0.191 e. The highest BCUT2D eigenvalue weighted by Gasteiger charge is 2.04. The highest BCUT2D eigenvalue weighted by Crippen LogP contribution is 2.17. The molecule has 0 saturated carbocycles. The third-order valence-corrected chi connectivity index (χ3v) is 4.25. The molecule has 0 radical (unpaired) electrons. The van der Waals surface area contributed by atoms with E-state index in [1.54, 1.807) is 19.6 Å². The van der Waals surface area contributed by atoms with Crippen LogP contribution >= 0.6 is 24.0 Å². The lowest BCUT2D eigenvalue weighted by Crippen LogP contribution is -2.39. The second-order valence-corrected chi connectivity index (χ2v) is 6.24. The number of methoxy groups -OCH3 is 1. The van der Waals surface area contributed by atoms with Crippen LogP contribution in [0.4, 0.5) is 0 Å². The number of hydrogen-bond donors (Lipinski definition) is 2. The first-order valence-electron chi connectivity index (χ1n) is 9.65. The van der Waals surface area contributed by atoms with Crippen LogP contribution in [0.1, 0.15) is 12.5 Å². The third kappa shape index (κ3) is 6.94. The molecule has 0 aliphatic carbocycles. The Kier molecular flexibility index (Phi) is 9.99. The van der Waals surface area contributed by atoms with Crippen LogP contribution in [0.25, 0.3) is 5.69 Å². The van der Waals surface area contributed by atoms with Crippen molar-refractivity contribution >= 4 is 29.9 Å². The highest BCUT2D eigenvalue weighted by molar-refractivity contribution is 14.0. The summed E-state index contributed by atoms with van der Waals surface area (Å²) in [4.78, 5) is 8.84. The summed E-state index contributed by atoms with van der Waals surface area (Å²) < 4.78 is 12.9. The van der Waals surface area contributed by atoms with E-state index in [0.717, 1.165) is 35.3 Å². The number of hydrogen-bond acceptors (Lipinski definition) is 4. The summed E-state index contributed by atoms with van der Waals surface area (Å²) in [5, 5.41) is 6.58. The molecule has 1 aromatic heterocycles. The molecule has 30 heavy (non-hydrogen) atoms. The van der Waals surface area contributed by atoms with Gasteiger partial charge in [0.15, 0.2) is 5.96 Å². The van der Waals surface area contributed by atoms with Crippen LogP contribution in [-0.2, 0) is 6.54 Å². The number of aromatic nitrogens is 2. The summed E-state index contributed by atoms with van der Waals surface area (Å²) in [6.07, 6.45) is 5.50. The van der Waals surface area contributed by atoms with Gasteiger partial charge in [0.1, 0.15) is 18.1 Å². The monoisotopic (exact) mass is 521 g/mol. The number of benzene rings is 2. The van der Waals surface area contributed by atoms with Crippen LogP contribution < -0.4 is 20.1 Å². The van der Waals surface area contributed by atoms with Gasteiger partial charge >= 0.3 is 0 Å². The van der Waals surface area contributed by atoms with Gasteiger partial charge in [-0.25, -0.2) is 9.98 Å². The first-order chi connectivity index (χ1) is 14.3. The molecule has 3 aromatic rings. The fourth-order valence-electron chi connectivity index (χ4n) is 2.81. The number of ether oxygens (including phenoxy) is 2. The predicted molar refractivity (Wildman–Crippen MR) is 130 cm³/mol. The summed E-state index contributed by atoms with van der Waals surface area (Å²) in [7, 11) is 1.65. The van der Waals surface area contributed by atoms with E-state index >= 15 is 0 Å². The third-order valence-electron chi connectivity index (χ3n) is 4.25. The van der Waals surface area contributed by atoms with E-state index in [0.29, 0.717) is 19.7 Å². The van der Waals surface area contributed by atoms with Crippen molar-refractivity contribution in [3.63, 3.8) is 0 Å². The van der Waals surface area contributed by atoms with Crippen LogP contribution in [0.2, 0.25) is 0 Å². The van der Waals surface area contributed by atoms with Crippen molar-refractivity contribution in [2.45, 2.75) is 13.5 Å². The average Bonchev–Trinajstić information content (AvgIpc) is 3.30. The Morgan fingerprint density at radius 3 is 2.53 bits per heavy atom. The van der Waals surface area contributed by atoms with Crippen molar-refractivity contribution < 1.29 is 9.47 Å². The lowest BCUT2D eigenvalue weighted by atomic mass is 10.2. The molecule has 0 spiro atoms. The van der Waals surface area contributed by atoms with Crippen LogP contribution in [0.3, 0.4) is 0 Å². The maximum Gasteiger partial charge on any atom is 0.191 e. The quantitative estimate of drug-likeness (QED) is 0.195. The lowest BCUT2D eigenvalue weighted by Gasteiger charge is -2.13. The molecule has 3 rings (SSSR count). The van der Waals surface area contributed by atoms with Gasteiger partial charge in [0, 0.05) is 18.9 Å². The van der Waals surface area contributed by atoms with E-state index < -0.39 is 0 Å². The zero-order valence-corrected chi connectivity index (χ0v) is 19.6.